The number of nitrogens with one attached hydrogen (secondary N) is 2. The first kappa shape index (κ1) is 19.2. The summed E-state index contributed by atoms with van der Waals surface area (Å²) < 4.78 is 2.19. The van der Waals surface area contributed by atoms with Gasteiger partial charge in [0.15, 0.2) is 0 Å². The van der Waals surface area contributed by atoms with Gasteiger partial charge in [-0.05, 0) is 49.4 Å². The van der Waals surface area contributed by atoms with Gasteiger partial charge in [-0.2, -0.15) is 0 Å². The molecule has 0 aliphatic heterocycles. The Balaban J connectivity index is 1.52. The monoisotopic (exact) mass is 372 g/mol. The quantitative estimate of drug-likeness (QED) is 0.664. The number of urea groups is 1. The number of anilines is 1. The summed E-state index contributed by atoms with van der Waals surface area (Å²) in [6, 6.07) is 8.11. The predicted octanol–water partition coefficient (Wildman–Crippen LogP) is 3.11. The van der Waals surface area contributed by atoms with Crippen molar-refractivity contribution in [2.45, 2.75) is 51.7 Å². The maximum atomic E-state index is 12.3. The molecular weight excluding hydrogens is 344 g/mol. The number of aryl methyl sites for hydroxylation is 1. The van der Waals surface area contributed by atoms with Crippen molar-refractivity contribution >= 4 is 28.6 Å². The zero-order valence-electron chi connectivity index (χ0n) is 15.9. The lowest BCUT2D eigenvalue weighted by Gasteiger charge is -2.42. The molecule has 0 saturated heterocycles. The van der Waals surface area contributed by atoms with Gasteiger partial charge >= 0.3 is 12.0 Å². The highest BCUT2D eigenvalue weighted by Gasteiger charge is 2.34. The van der Waals surface area contributed by atoms with Crippen LogP contribution in [0.1, 0.15) is 33.1 Å². The van der Waals surface area contributed by atoms with Gasteiger partial charge in [0.1, 0.15) is 0 Å². The Kier molecular flexibility index (Phi) is 6.01. The van der Waals surface area contributed by atoms with E-state index < -0.39 is 5.97 Å². The van der Waals surface area contributed by atoms with Crippen LogP contribution in [-0.4, -0.2) is 51.7 Å². The largest absolute Gasteiger partial charge is 0.480 e. The van der Waals surface area contributed by atoms with Crippen molar-refractivity contribution in [3.63, 3.8) is 0 Å². The zero-order chi connectivity index (χ0) is 19.4. The van der Waals surface area contributed by atoms with Gasteiger partial charge in [-0.15, -0.1) is 0 Å². The fourth-order valence-corrected chi connectivity index (χ4v) is 3.73. The van der Waals surface area contributed by atoms with Gasteiger partial charge in [0.05, 0.1) is 12.1 Å². The molecule has 7 nitrogen and oxygen atoms in total. The Morgan fingerprint density at radius 1 is 1.26 bits per heavy atom. The highest BCUT2D eigenvalue weighted by molar-refractivity contribution is 5.93. The normalized spacial score (nSPS) is 19.1. The predicted molar refractivity (Wildman–Crippen MR) is 106 cm³/mol. The lowest BCUT2D eigenvalue weighted by atomic mass is 9.85. The van der Waals surface area contributed by atoms with Crippen LogP contribution in [-0.2, 0) is 11.3 Å². The number of likely N-dealkylation sites (N-methyl/N-ethyl adjacent to an activating group) is 1. The highest BCUT2D eigenvalue weighted by Crippen LogP contribution is 2.26. The molecule has 0 unspecified atom stereocenters. The Bertz CT molecular complexity index is 811. The van der Waals surface area contributed by atoms with Crippen molar-refractivity contribution in [1.29, 1.82) is 0 Å². The number of nitrogens with zero attached hydrogens (tertiary/aromatic N) is 2. The van der Waals surface area contributed by atoms with Crippen LogP contribution in [0, 0.1) is 0 Å². The van der Waals surface area contributed by atoms with Crippen LogP contribution in [0.25, 0.3) is 10.9 Å². The molecule has 3 N–H and O–H groups in total. The number of carbonyl (C=O) groups is 2. The van der Waals surface area contributed by atoms with Crippen LogP contribution in [0.15, 0.2) is 30.5 Å². The minimum absolute atomic E-state index is 0.0531. The van der Waals surface area contributed by atoms with E-state index >= 15 is 0 Å². The summed E-state index contributed by atoms with van der Waals surface area (Å²) in [7, 11) is 0. The second-order valence-corrected chi connectivity index (χ2v) is 7.16. The van der Waals surface area contributed by atoms with Crippen molar-refractivity contribution in [2.24, 2.45) is 0 Å². The smallest absolute Gasteiger partial charge is 0.319 e. The second kappa shape index (κ2) is 8.43. The van der Waals surface area contributed by atoms with E-state index in [-0.39, 0.29) is 24.7 Å². The summed E-state index contributed by atoms with van der Waals surface area (Å²) in [5, 5.41) is 16.0. The number of carboxylic acids is 1. The number of carboxylic acid groups (broad SMARTS) is 1. The van der Waals surface area contributed by atoms with Crippen molar-refractivity contribution in [3.05, 3.63) is 30.5 Å². The first-order valence-corrected chi connectivity index (χ1v) is 9.62. The van der Waals surface area contributed by atoms with E-state index in [1.165, 1.54) is 0 Å². The number of hydrogen-bond donors (Lipinski definition) is 3. The van der Waals surface area contributed by atoms with E-state index in [2.05, 4.69) is 34.4 Å². The summed E-state index contributed by atoms with van der Waals surface area (Å²) in [5.41, 5.74) is 1.89. The summed E-state index contributed by atoms with van der Waals surface area (Å²) in [6.07, 6.45) is 4.70. The number of rotatable bonds is 8. The van der Waals surface area contributed by atoms with Gasteiger partial charge in [0, 0.05) is 30.5 Å². The van der Waals surface area contributed by atoms with Crippen molar-refractivity contribution < 1.29 is 14.7 Å². The minimum atomic E-state index is -0.811. The molecule has 0 bridgehead atoms. The van der Waals surface area contributed by atoms with Gasteiger partial charge in [0.25, 0.3) is 0 Å². The topological polar surface area (TPSA) is 86.6 Å². The molecule has 1 heterocycles. The third kappa shape index (κ3) is 4.60. The molecule has 27 heavy (non-hydrogen) atoms. The van der Waals surface area contributed by atoms with Crippen LogP contribution in [0.2, 0.25) is 0 Å². The molecular formula is C20H28N4O3. The van der Waals surface area contributed by atoms with Gasteiger partial charge in [-0.1, -0.05) is 19.9 Å². The minimum Gasteiger partial charge on any atom is -0.480 e. The molecule has 1 fully saturated rings. The van der Waals surface area contributed by atoms with Crippen LogP contribution < -0.4 is 10.6 Å². The Labute approximate surface area is 159 Å². The molecule has 1 aliphatic rings. The maximum Gasteiger partial charge on any atom is 0.319 e. The van der Waals surface area contributed by atoms with E-state index in [0.29, 0.717) is 6.54 Å². The molecule has 1 aromatic carbocycles. The Morgan fingerprint density at radius 2 is 2.04 bits per heavy atom. The van der Waals surface area contributed by atoms with E-state index in [1.807, 2.05) is 30.0 Å². The van der Waals surface area contributed by atoms with Crippen LogP contribution in [0.4, 0.5) is 10.5 Å². The number of benzene rings is 1. The summed E-state index contributed by atoms with van der Waals surface area (Å²) >= 11 is 0. The molecule has 2 aromatic rings. The molecule has 0 spiro atoms. The number of carbonyl (C=O) groups excluding carboxylic acids is 1. The average Bonchev–Trinajstić information content (AvgIpc) is 2.98. The number of fused-ring (bicyclic) bond motifs is 1. The second-order valence-electron chi connectivity index (χ2n) is 7.16. The van der Waals surface area contributed by atoms with Crippen molar-refractivity contribution in [2.75, 3.05) is 18.4 Å². The van der Waals surface area contributed by atoms with Gasteiger partial charge in [0.2, 0.25) is 0 Å². The van der Waals surface area contributed by atoms with Crippen molar-refractivity contribution in [3.8, 4) is 0 Å². The standard InChI is InChI=1S/C20H28N4O3/c1-3-8-24-9-7-14-5-6-15(12-18(14)24)21-20(27)22-16-10-17(11-16)23(4-2)13-19(25)26/h5-7,9,12,16-17H,3-4,8,10-11,13H2,1-2H3,(H,25,26)(H2,21,22,27). The van der Waals surface area contributed by atoms with Crippen LogP contribution in [0.3, 0.4) is 0 Å². The highest BCUT2D eigenvalue weighted by atomic mass is 16.4. The Hall–Kier alpha value is -2.54. The molecule has 7 heteroatoms. The summed E-state index contributed by atoms with van der Waals surface area (Å²) in [6.45, 7) is 5.81. The van der Waals surface area contributed by atoms with E-state index in [9.17, 15) is 9.59 Å². The first-order chi connectivity index (χ1) is 13.0. The fourth-order valence-electron chi connectivity index (χ4n) is 3.73. The first-order valence-electron chi connectivity index (χ1n) is 9.62. The van der Waals surface area contributed by atoms with Gasteiger partial charge in [-0.25, -0.2) is 4.79 Å². The molecule has 0 atom stereocenters. The maximum absolute atomic E-state index is 12.3. The summed E-state index contributed by atoms with van der Waals surface area (Å²) in [4.78, 5) is 25.1. The number of aliphatic carboxylic acids is 1. The summed E-state index contributed by atoms with van der Waals surface area (Å²) in [5.74, 6) is -0.811. The van der Waals surface area contributed by atoms with E-state index in [1.54, 1.807) is 0 Å². The molecule has 0 radical (unpaired) electrons. The fraction of sp³-hybridized carbons (Fsp3) is 0.500. The molecule has 3 rings (SSSR count). The molecule has 1 aliphatic carbocycles. The third-order valence-corrected chi connectivity index (χ3v) is 5.21. The van der Waals surface area contributed by atoms with Crippen LogP contribution >= 0.6 is 0 Å². The lowest BCUT2D eigenvalue weighted by Crippen LogP contribution is -2.55. The zero-order valence-corrected chi connectivity index (χ0v) is 15.9. The lowest BCUT2D eigenvalue weighted by molar-refractivity contribution is -0.139. The van der Waals surface area contributed by atoms with Gasteiger partial charge in [-0.3, -0.25) is 9.69 Å². The average molecular weight is 372 g/mol. The molecule has 1 saturated carbocycles. The number of hydrogen-bond acceptors (Lipinski definition) is 3. The van der Waals surface area contributed by atoms with E-state index in [4.69, 9.17) is 5.11 Å². The Morgan fingerprint density at radius 3 is 2.70 bits per heavy atom. The molecule has 2 amide bonds. The SMILES string of the molecule is CCCn1ccc2ccc(NC(=O)NC3CC(N(CC)CC(=O)O)C3)cc21. The number of amides is 2. The number of aromatic nitrogens is 1. The van der Waals surface area contributed by atoms with Crippen LogP contribution in [0.5, 0.6) is 0 Å². The van der Waals surface area contributed by atoms with Crippen molar-refractivity contribution in [1.82, 2.24) is 14.8 Å². The van der Waals surface area contributed by atoms with E-state index in [0.717, 1.165) is 42.4 Å². The molecule has 146 valence electrons. The molecule has 1 aromatic heterocycles. The third-order valence-electron chi connectivity index (χ3n) is 5.21. The van der Waals surface area contributed by atoms with Gasteiger partial charge < -0.3 is 20.3 Å².